The molecule has 0 aromatic heterocycles. The molecule has 4 rings (SSSR count). The molecule has 4 atom stereocenters. The molecule has 2 heterocycles. The summed E-state index contributed by atoms with van der Waals surface area (Å²) in [5, 5.41) is 3.17. The highest BCUT2D eigenvalue weighted by Crippen LogP contribution is 2.42. The minimum atomic E-state index is -0.475. The number of carbonyl (C=O) groups is 2. The summed E-state index contributed by atoms with van der Waals surface area (Å²) < 4.78 is 5.45. The number of allylic oxidation sites excluding steroid dienone is 2. The van der Waals surface area contributed by atoms with E-state index in [1.807, 2.05) is 20.8 Å². The van der Waals surface area contributed by atoms with E-state index in [-0.39, 0.29) is 30.0 Å². The molecule has 22 heavy (non-hydrogen) atoms. The quantitative estimate of drug-likeness (QED) is 0.797. The fourth-order valence-corrected chi connectivity index (χ4v) is 3.68. The normalized spacial score (nSPS) is 33.3. The molecule has 1 saturated carbocycles. The van der Waals surface area contributed by atoms with Crippen molar-refractivity contribution in [2.45, 2.75) is 64.1 Å². The molecule has 5 heteroatoms. The van der Waals surface area contributed by atoms with E-state index in [4.69, 9.17) is 4.74 Å². The summed E-state index contributed by atoms with van der Waals surface area (Å²) in [6, 6.07) is 0.230. The fraction of sp³-hybridized carbons (Fsp3) is 0.765. The van der Waals surface area contributed by atoms with E-state index in [0.29, 0.717) is 12.5 Å². The van der Waals surface area contributed by atoms with Crippen LogP contribution in [0, 0.1) is 11.8 Å². The summed E-state index contributed by atoms with van der Waals surface area (Å²) >= 11 is 0. The first kappa shape index (κ1) is 15.4. The zero-order chi connectivity index (χ0) is 15.9. The largest absolute Gasteiger partial charge is 0.444 e. The third kappa shape index (κ3) is 2.99. The van der Waals surface area contributed by atoms with Crippen molar-refractivity contribution in [3.05, 3.63) is 12.2 Å². The minimum Gasteiger partial charge on any atom is -0.444 e. The molecule has 4 aliphatic rings. The highest BCUT2D eigenvalue weighted by atomic mass is 16.6. The van der Waals surface area contributed by atoms with Crippen LogP contribution in [-0.2, 0) is 9.53 Å². The van der Waals surface area contributed by atoms with Crippen molar-refractivity contribution in [1.29, 1.82) is 0 Å². The van der Waals surface area contributed by atoms with Gasteiger partial charge >= 0.3 is 6.09 Å². The monoisotopic (exact) mass is 306 g/mol. The number of ether oxygens (including phenoxy) is 1. The van der Waals surface area contributed by atoms with Crippen LogP contribution < -0.4 is 5.32 Å². The van der Waals surface area contributed by atoms with Gasteiger partial charge in [0.1, 0.15) is 5.60 Å². The molecule has 0 radical (unpaired) electrons. The van der Waals surface area contributed by atoms with E-state index in [9.17, 15) is 9.59 Å². The van der Waals surface area contributed by atoms with Crippen LogP contribution in [-0.4, -0.2) is 41.1 Å². The van der Waals surface area contributed by atoms with Crippen molar-refractivity contribution in [2.24, 2.45) is 11.8 Å². The standard InChI is InChI=1S/C17H26N2O3/c1-17(2,3)22-16(21)19-10-12-9-13(19)14(12)18-15(20)11-7-5-4-6-8-11/h4-5,11-14H,6-10H2,1-3H3,(H,18,20)/t11-,12-,13+,14-/m1/s1. The van der Waals surface area contributed by atoms with E-state index < -0.39 is 5.60 Å². The second-order valence-corrected chi connectivity index (χ2v) is 7.71. The Balaban J connectivity index is 1.54. The first-order valence-electron chi connectivity index (χ1n) is 8.30. The van der Waals surface area contributed by atoms with E-state index in [0.717, 1.165) is 25.7 Å². The lowest BCUT2D eigenvalue weighted by Crippen LogP contribution is -2.56. The van der Waals surface area contributed by atoms with Gasteiger partial charge in [-0.15, -0.1) is 0 Å². The molecule has 2 aliphatic heterocycles. The van der Waals surface area contributed by atoms with E-state index in [1.165, 1.54) is 0 Å². The van der Waals surface area contributed by atoms with Crippen LogP contribution in [0.15, 0.2) is 12.2 Å². The van der Waals surface area contributed by atoms with Gasteiger partial charge < -0.3 is 15.0 Å². The molecular formula is C17H26N2O3. The Kier molecular flexibility index (Phi) is 3.91. The topological polar surface area (TPSA) is 58.6 Å². The van der Waals surface area contributed by atoms with Crippen LogP contribution in [0.4, 0.5) is 4.79 Å². The average molecular weight is 306 g/mol. The number of rotatable bonds is 2. The van der Waals surface area contributed by atoms with E-state index in [2.05, 4.69) is 17.5 Å². The minimum absolute atomic E-state index is 0.0972. The summed E-state index contributed by atoms with van der Waals surface area (Å²) in [6.45, 7) is 6.33. The molecule has 2 aliphatic carbocycles. The Morgan fingerprint density at radius 2 is 2.05 bits per heavy atom. The van der Waals surface area contributed by atoms with Crippen LogP contribution in [0.3, 0.4) is 0 Å². The van der Waals surface area contributed by atoms with Crippen molar-refractivity contribution >= 4 is 12.0 Å². The SMILES string of the molecule is CC(C)(C)OC(=O)N1C[C@H]2C[C@H]1[C@@H]2NC(=O)[C@@H]1CC=CCC1. The zero-order valence-corrected chi connectivity index (χ0v) is 13.7. The lowest BCUT2D eigenvalue weighted by molar-refractivity contribution is -0.127. The van der Waals surface area contributed by atoms with Crippen molar-refractivity contribution < 1.29 is 14.3 Å². The van der Waals surface area contributed by atoms with Gasteiger partial charge in [-0.05, 0) is 46.5 Å². The lowest BCUT2D eigenvalue weighted by Gasteiger charge is -2.38. The smallest absolute Gasteiger partial charge is 0.410 e. The molecule has 2 bridgehead atoms. The number of fused-ring (bicyclic) bond motifs is 1. The maximum atomic E-state index is 12.3. The van der Waals surface area contributed by atoms with Gasteiger partial charge in [-0.3, -0.25) is 4.79 Å². The number of amides is 2. The highest BCUT2D eigenvalue weighted by Gasteiger charge is 2.55. The van der Waals surface area contributed by atoms with Gasteiger partial charge in [-0.1, -0.05) is 12.2 Å². The van der Waals surface area contributed by atoms with Crippen LogP contribution in [0.5, 0.6) is 0 Å². The summed E-state index contributed by atoms with van der Waals surface area (Å²) in [5.41, 5.74) is -0.475. The molecule has 5 nitrogen and oxygen atoms in total. The predicted octanol–water partition coefficient (Wildman–Crippen LogP) is 2.47. The Hall–Kier alpha value is -1.52. The van der Waals surface area contributed by atoms with Crippen LogP contribution in [0.2, 0.25) is 0 Å². The molecule has 0 aromatic carbocycles. The third-order valence-electron chi connectivity index (χ3n) is 4.87. The van der Waals surface area contributed by atoms with Gasteiger partial charge in [0.15, 0.2) is 0 Å². The third-order valence-corrected chi connectivity index (χ3v) is 4.87. The maximum absolute atomic E-state index is 12.3. The number of hydrogen-bond donors (Lipinski definition) is 1. The van der Waals surface area contributed by atoms with Crippen molar-refractivity contribution in [1.82, 2.24) is 10.2 Å². The van der Waals surface area contributed by atoms with Gasteiger partial charge in [0, 0.05) is 18.4 Å². The predicted molar refractivity (Wildman–Crippen MR) is 83.2 cm³/mol. The van der Waals surface area contributed by atoms with Gasteiger partial charge in [0.2, 0.25) is 5.91 Å². The lowest BCUT2D eigenvalue weighted by atomic mass is 9.79. The summed E-state index contributed by atoms with van der Waals surface area (Å²) in [5.74, 6) is 0.635. The first-order chi connectivity index (χ1) is 10.3. The number of hydrogen-bond acceptors (Lipinski definition) is 3. The Morgan fingerprint density at radius 1 is 1.27 bits per heavy atom. The van der Waals surface area contributed by atoms with Crippen LogP contribution in [0.25, 0.3) is 0 Å². The Labute approximate surface area is 132 Å². The first-order valence-corrected chi connectivity index (χ1v) is 8.30. The van der Waals surface area contributed by atoms with E-state index >= 15 is 0 Å². The maximum Gasteiger partial charge on any atom is 0.410 e. The van der Waals surface area contributed by atoms with E-state index in [1.54, 1.807) is 4.90 Å². The van der Waals surface area contributed by atoms with Crippen molar-refractivity contribution in [2.75, 3.05) is 6.54 Å². The molecule has 2 saturated heterocycles. The second-order valence-electron chi connectivity index (χ2n) is 7.71. The van der Waals surface area contributed by atoms with Gasteiger partial charge in [0.25, 0.3) is 0 Å². The van der Waals surface area contributed by atoms with Crippen LogP contribution >= 0.6 is 0 Å². The Bertz CT molecular complexity index is 495. The summed E-state index contributed by atoms with van der Waals surface area (Å²) in [4.78, 5) is 26.4. The average Bonchev–Trinajstić information content (AvgIpc) is 3.02. The number of carbonyl (C=O) groups excluding carboxylic acids is 2. The van der Waals surface area contributed by atoms with Gasteiger partial charge in [-0.25, -0.2) is 4.79 Å². The van der Waals surface area contributed by atoms with Gasteiger partial charge in [-0.2, -0.15) is 0 Å². The number of nitrogens with one attached hydrogen (secondary N) is 1. The highest BCUT2D eigenvalue weighted by molar-refractivity contribution is 5.80. The van der Waals surface area contributed by atoms with Crippen molar-refractivity contribution in [3.8, 4) is 0 Å². The molecule has 2 amide bonds. The molecule has 0 aromatic rings. The molecule has 3 fully saturated rings. The van der Waals surface area contributed by atoms with Gasteiger partial charge in [0.05, 0.1) is 12.1 Å². The molecular weight excluding hydrogens is 280 g/mol. The molecule has 122 valence electrons. The fourth-order valence-electron chi connectivity index (χ4n) is 3.68. The second kappa shape index (κ2) is 5.60. The summed E-state index contributed by atoms with van der Waals surface area (Å²) in [7, 11) is 0. The Morgan fingerprint density at radius 3 is 2.68 bits per heavy atom. The molecule has 1 N–H and O–H groups in total. The number of nitrogens with zero attached hydrogens (tertiary/aromatic N) is 1. The summed E-state index contributed by atoms with van der Waals surface area (Å²) in [6.07, 6.45) is 7.72. The van der Waals surface area contributed by atoms with Crippen molar-refractivity contribution in [3.63, 3.8) is 0 Å². The zero-order valence-electron chi connectivity index (χ0n) is 13.7. The van der Waals surface area contributed by atoms with Crippen LogP contribution in [0.1, 0.15) is 46.5 Å². The molecule has 0 spiro atoms. The molecule has 0 unspecified atom stereocenters.